The molecule has 1 amide bonds. The Bertz CT molecular complexity index is 906. The molecule has 0 aliphatic carbocycles. The molecule has 0 bridgehead atoms. The van der Waals surface area contributed by atoms with E-state index in [9.17, 15) is 13.2 Å². The normalized spacial score (nSPS) is 11.3. The van der Waals surface area contributed by atoms with Gasteiger partial charge in [-0.25, -0.2) is 8.42 Å². The van der Waals surface area contributed by atoms with Crippen LogP contribution >= 0.6 is 0 Å². The van der Waals surface area contributed by atoms with Crippen molar-refractivity contribution in [2.75, 3.05) is 13.7 Å². The van der Waals surface area contributed by atoms with Crippen LogP contribution < -0.4 is 14.8 Å². The van der Waals surface area contributed by atoms with Crippen LogP contribution in [-0.2, 0) is 16.4 Å². The molecule has 0 heterocycles. The summed E-state index contributed by atoms with van der Waals surface area (Å²) in [4.78, 5) is 12.6. The Morgan fingerprint density at radius 2 is 1.81 bits per heavy atom. The molecule has 0 aromatic heterocycles. The molecule has 0 saturated carbocycles. The van der Waals surface area contributed by atoms with Crippen LogP contribution in [0.1, 0.15) is 36.7 Å². The Balaban J connectivity index is 2.20. The predicted molar refractivity (Wildman–Crippen MR) is 104 cm³/mol. The van der Waals surface area contributed by atoms with Gasteiger partial charge in [0.2, 0.25) is 0 Å². The number of hydrogen-bond donors (Lipinski definition) is 1. The Labute approximate surface area is 160 Å². The lowest BCUT2D eigenvalue weighted by atomic mass is 10.1. The van der Waals surface area contributed by atoms with E-state index < -0.39 is 21.0 Å². The van der Waals surface area contributed by atoms with Gasteiger partial charge in [0, 0.05) is 6.54 Å². The summed E-state index contributed by atoms with van der Waals surface area (Å²) in [7, 11) is -2.01. The van der Waals surface area contributed by atoms with Gasteiger partial charge in [-0.1, -0.05) is 18.2 Å². The average molecular weight is 391 g/mol. The summed E-state index contributed by atoms with van der Waals surface area (Å²) in [6, 6.07) is 11.6. The lowest BCUT2D eigenvalue weighted by Gasteiger charge is -2.14. The third kappa shape index (κ3) is 4.80. The molecule has 0 aliphatic heterocycles. The van der Waals surface area contributed by atoms with E-state index in [1.165, 1.54) is 12.1 Å². The third-order valence-electron chi connectivity index (χ3n) is 4.04. The number of methoxy groups -OCH3 is 1. The summed E-state index contributed by atoms with van der Waals surface area (Å²) in [6.07, 6.45) is 0. The van der Waals surface area contributed by atoms with Crippen LogP contribution in [0.4, 0.5) is 0 Å². The van der Waals surface area contributed by atoms with Gasteiger partial charge < -0.3 is 14.8 Å². The van der Waals surface area contributed by atoms with Crippen molar-refractivity contribution in [1.29, 1.82) is 0 Å². The van der Waals surface area contributed by atoms with Crippen molar-refractivity contribution in [3.8, 4) is 11.5 Å². The van der Waals surface area contributed by atoms with Gasteiger partial charge in [0.15, 0.2) is 21.3 Å². The lowest BCUT2D eigenvalue weighted by molar-refractivity contribution is 0.0947. The zero-order valence-corrected chi connectivity index (χ0v) is 16.8. The van der Waals surface area contributed by atoms with Crippen molar-refractivity contribution in [1.82, 2.24) is 5.32 Å². The number of carbonyl (C=O) groups is 1. The molecule has 0 radical (unpaired) electrons. The van der Waals surface area contributed by atoms with E-state index in [0.717, 1.165) is 5.56 Å². The topological polar surface area (TPSA) is 81.7 Å². The van der Waals surface area contributed by atoms with Crippen LogP contribution in [0.15, 0.2) is 47.4 Å². The van der Waals surface area contributed by atoms with Gasteiger partial charge in [0.25, 0.3) is 5.91 Å². The zero-order valence-electron chi connectivity index (χ0n) is 16.0. The van der Waals surface area contributed by atoms with E-state index in [0.29, 0.717) is 18.1 Å². The summed E-state index contributed by atoms with van der Waals surface area (Å²) >= 11 is 0. The Kier molecular flexibility index (Phi) is 6.85. The lowest BCUT2D eigenvalue weighted by Crippen LogP contribution is -2.26. The molecule has 0 aliphatic rings. The molecule has 0 fully saturated rings. The number of nitrogens with one attached hydrogen (secondary N) is 1. The number of carbonyl (C=O) groups excluding carboxylic acids is 1. The SMILES string of the molecule is CCOc1ccc(CNC(=O)c2ccccc2S(=O)(=O)C(C)C)cc1OC. The molecule has 0 spiro atoms. The Morgan fingerprint density at radius 3 is 2.44 bits per heavy atom. The van der Waals surface area contributed by atoms with Crippen LogP contribution in [0.5, 0.6) is 11.5 Å². The molecule has 6 nitrogen and oxygen atoms in total. The number of ether oxygens (including phenoxy) is 2. The largest absolute Gasteiger partial charge is 0.493 e. The number of sulfone groups is 1. The van der Waals surface area contributed by atoms with Crippen LogP contribution in [0.25, 0.3) is 0 Å². The van der Waals surface area contributed by atoms with Crippen molar-refractivity contribution in [3.05, 3.63) is 53.6 Å². The highest BCUT2D eigenvalue weighted by atomic mass is 32.2. The fourth-order valence-corrected chi connectivity index (χ4v) is 3.77. The molecule has 1 N–H and O–H groups in total. The van der Waals surface area contributed by atoms with Gasteiger partial charge in [-0.05, 0) is 50.6 Å². The molecule has 146 valence electrons. The van der Waals surface area contributed by atoms with Gasteiger partial charge in [-0.2, -0.15) is 0 Å². The maximum Gasteiger partial charge on any atom is 0.252 e. The summed E-state index contributed by atoms with van der Waals surface area (Å²) < 4.78 is 35.8. The minimum atomic E-state index is -3.56. The van der Waals surface area contributed by atoms with Crippen molar-refractivity contribution in [2.24, 2.45) is 0 Å². The number of amides is 1. The van der Waals surface area contributed by atoms with Crippen molar-refractivity contribution >= 4 is 15.7 Å². The molecule has 0 unspecified atom stereocenters. The number of rotatable bonds is 8. The highest BCUT2D eigenvalue weighted by molar-refractivity contribution is 7.92. The van der Waals surface area contributed by atoms with E-state index in [4.69, 9.17) is 9.47 Å². The van der Waals surface area contributed by atoms with Crippen molar-refractivity contribution < 1.29 is 22.7 Å². The van der Waals surface area contributed by atoms with Gasteiger partial charge >= 0.3 is 0 Å². The van der Waals surface area contributed by atoms with E-state index in [2.05, 4.69) is 5.32 Å². The second-order valence-corrected chi connectivity index (χ2v) is 8.66. The van der Waals surface area contributed by atoms with E-state index in [1.807, 2.05) is 13.0 Å². The smallest absolute Gasteiger partial charge is 0.252 e. The predicted octanol–water partition coefficient (Wildman–Crippen LogP) is 3.21. The first-order valence-electron chi connectivity index (χ1n) is 8.72. The molecule has 0 saturated heterocycles. The fourth-order valence-electron chi connectivity index (χ4n) is 2.53. The first-order chi connectivity index (χ1) is 12.8. The second-order valence-electron chi connectivity index (χ2n) is 6.19. The molecule has 7 heteroatoms. The fraction of sp³-hybridized carbons (Fsp3) is 0.350. The van der Waals surface area contributed by atoms with Gasteiger partial charge in [-0.3, -0.25) is 4.79 Å². The highest BCUT2D eigenvalue weighted by Crippen LogP contribution is 2.28. The minimum Gasteiger partial charge on any atom is -0.493 e. The van der Waals surface area contributed by atoms with Gasteiger partial charge in [-0.15, -0.1) is 0 Å². The number of benzene rings is 2. The molecular formula is C20H25NO5S. The van der Waals surface area contributed by atoms with Crippen LogP contribution in [-0.4, -0.2) is 33.3 Å². The zero-order chi connectivity index (χ0) is 20.0. The quantitative estimate of drug-likeness (QED) is 0.747. The highest BCUT2D eigenvalue weighted by Gasteiger charge is 2.25. The molecule has 2 aromatic rings. The Morgan fingerprint density at radius 1 is 1.11 bits per heavy atom. The maximum absolute atomic E-state index is 12.6. The second kappa shape index (κ2) is 8.90. The third-order valence-corrected chi connectivity index (χ3v) is 6.25. The van der Waals surface area contributed by atoms with E-state index in [1.54, 1.807) is 45.2 Å². The van der Waals surface area contributed by atoms with Crippen LogP contribution in [0.2, 0.25) is 0 Å². The molecule has 2 aromatic carbocycles. The standard InChI is InChI=1S/C20H25NO5S/c1-5-26-17-11-10-15(12-18(17)25-4)13-21-20(22)16-8-6-7-9-19(16)27(23,24)14(2)3/h6-12,14H,5,13H2,1-4H3,(H,21,22). The first kappa shape index (κ1) is 20.8. The summed E-state index contributed by atoms with van der Waals surface area (Å²) in [5.41, 5.74) is 0.956. The molecular weight excluding hydrogens is 366 g/mol. The maximum atomic E-state index is 12.6. The monoisotopic (exact) mass is 391 g/mol. The van der Waals surface area contributed by atoms with Crippen LogP contribution in [0.3, 0.4) is 0 Å². The van der Waals surface area contributed by atoms with E-state index in [-0.39, 0.29) is 17.0 Å². The van der Waals surface area contributed by atoms with Crippen molar-refractivity contribution in [3.63, 3.8) is 0 Å². The minimum absolute atomic E-state index is 0.0433. The summed E-state index contributed by atoms with van der Waals surface area (Å²) in [5.74, 6) is 0.762. The first-order valence-corrected chi connectivity index (χ1v) is 10.3. The van der Waals surface area contributed by atoms with E-state index >= 15 is 0 Å². The summed E-state index contributed by atoms with van der Waals surface area (Å²) in [5, 5.41) is 2.16. The average Bonchev–Trinajstić information content (AvgIpc) is 2.66. The molecule has 2 rings (SSSR count). The molecule has 27 heavy (non-hydrogen) atoms. The number of hydrogen-bond acceptors (Lipinski definition) is 5. The van der Waals surface area contributed by atoms with Gasteiger partial charge in [0.05, 0.1) is 29.4 Å². The van der Waals surface area contributed by atoms with Gasteiger partial charge in [0.1, 0.15) is 0 Å². The summed E-state index contributed by atoms with van der Waals surface area (Å²) in [6.45, 7) is 5.83. The molecule has 0 atom stereocenters. The van der Waals surface area contributed by atoms with Crippen molar-refractivity contribution in [2.45, 2.75) is 37.5 Å². The Hall–Kier alpha value is -2.54. The van der Waals surface area contributed by atoms with Crippen LogP contribution in [0, 0.1) is 0 Å².